The van der Waals surface area contributed by atoms with Crippen LogP contribution in [0.2, 0.25) is 0 Å². The fourth-order valence-corrected chi connectivity index (χ4v) is 3.58. The van der Waals surface area contributed by atoms with E-state index in [4.69, 9.17) is 0 Å². The summed E-state index contributed by atoms with van der Waals surface area (Å²) in [7, 11) is 1.80. The smallest absolute Gasteiger partial charge is 0.191 e. The lowest BCUT2D eigenvalue weighted by Gasteiger charge is -2.11. The number of benzene rings is 1. The molecule has 0 saturated heterocycles. The number of rotatable bonds is 8. The van der Waals surface area contributed by atoms with Gasteiger partial charge in [-0.3, -0.25) is 4.99 Å². The Kier molecular flexibility index (Phi) is 7.97. The minimum absolute atomic E-state index is 0.846. The number of nitrogens with zero attached hydrogens (tertiary/aromatic N) is 2. The average molecular weight is 349 g/mol. The van der Waals surface area contributed by atoms with E-state index < -0.39 is 0 Å². The van der Waals surface area contributed by atoms with Gasteiger partial charge < -0.3 is 10.6 Å². The van der Waals surface area contributed by atoms with Crippen molar-refractivity contribution in [2.24, 2.45) is 4.99 Å². The number of hydrogen-bond donors (Lipinski definition) is 2. The summed E-state index contributed by atoms with van der Waals surface area (Å²) in [6.07, 6.45) is 1.94. The maximum atomic E-state index is 4.58. The summed E-state index contributed by atoms with van der Waals surface area (Å²) in [5.41, 5.74) is 1.16. The van der Waals surface area contributed by atoms with E-state index in [1.54, 1.807) is 18.4 Å². The Morgan fingerprint density at radius 1 is 1.22 bits per heavy atom. The molecule has 0 bridgehead atoms. The first kappa shape index (κ1) is 17.8. The second kappa shape index (κ2) is 10.3. The molecular formula is C17H24N4S2. The number of thiazole rings is 1. The van der Waals surface area contributed by atoms with Crippen molar-refractivity contribution in [1.29, 1.82) is 0 Å². The highest BCUT2D eigenvalue weighted by Crippen LogP contribution is 2.15. The van der Waals surface area contributed by atoms with E-state index in [1.807, 2.05) is 17.8 Å². The van der Waals surface area contributed by atoms with Crippen molar-refractivity contribution in [3.63, 3.8) is 0 Å². The molecule has 1 aromatic carbocycles. The van der Waals surface area contributed by atoms with Gasteiger partial charge in [-0.1, -0.05) is 25.1 Å². The van der Waals surface area contributed by atoms with Crippen LogP contribution in [-0.4, -0.2) is 36.8 Å². The molecule has 4 nitrogen and oxygen atoms in total. The van der Waals surface area contributed by atoms with E-state index in [0.29, 0.717) is 0 Å². The van der Waals surface area contributed by atoms with E-state index in [9.17, 15) is 0 Å². The fraction of sp³-hybridized carbons (Fsp3) is 0.412. The molecule has 23 heavy (non-hydrogen) atoms. The third kappa shape index (κ3) is 6.62. The quantitative estimate of drug-likeness (QED) is 0.333. The summed E-state index contributed by atoms with van der Waals surface area (Å²) in [5.74, 6) is 1.86. The van der Waals surface area contributed by atoms with Gasteiger partial charge in [-0.05, 0) is 18.6 Å². The van der Waals surface area contributed by atoms with Crippen LogP contribution in [-0.2, 0) is 12.8 Å². The van der Waals surface area contributed by atoms with Gasteiger partial charge in [0.15, 0.2) is 5.96 Å². The van der Waals surface area contributed by atoms with Crippen LogP contribution < -0.4 is 10.6 Å². The zero-order valence-corrected chi connectivity index (χ0v) is 15.3. The highest BCUT2D eigenvalue weighted by Gasteiger charge is 2.01. The molecule has 0 spiro atoms. The van der Waals surface area contributed by atoms with E-state index in [0.717, 1.165) is 43.3 Å². The lowest BCUT2D eigenvalue weighted by atomic mass is 10.3. The molecular weight excluding hydrogens is 324 g/mol. The van der Waals surface area contributed by atoms with Crippen molar-refractivity contribution in [2.75, 3.05) is 25.9 Å². The molecule has 0 fully saturated rings. The van der Waals surface area contributed by atoms with Crippen LogP contribution in [0.15, 0.2) is 45.6 Å². The summed E-state index contributed by atoms with van der Waals surface area (Å²) in [6.45, 7) is 3.87. The molecule has 0 aliphatic carbocycles. The van der Waals surface area contributed by atoms with Crippen molar-refractivity contribution < 1.29 is 0 Å². The Morgan fingerprint density at radius 3 is 2.70 bits per heavy atom. The molecule has 0 amide bonds. The molecule has 1 aromatic heterocycles. The van der Waals surface area contributed by atoms with Crippen LogP contribution in [0.5, 0.6) is 0 Å². The van der Waals surface area contributed by atoms with Crippen molar-refractivity contribution in [2.45, 2.75) is 24.7 Å². The number of thioether (sulfide) groups is 1. The van der Waals surface area contributed by atoms with Crippen LogP contribution in [0.3, 0.4) is 0 Å². The van der Waals surface area contributed by atoms with Gasteiger partial charge in [0.1, 0.15) is 0 Å². The van der Waals surface area contributed by atoms with Crippen molar-refractivity contribution in [1.82, 2.24) is 15.6 Å². The first-order valence-electron chi connectivity index (χ1n) is 7.87. The predicted octanol–water partition coefficient (Wildman–Crippen LogP) is 3.21. The van der Waals surface area contributed by atoms with Crippen LogP contribution in [0, 0.1) is 0 Å². The number of hydrogen-bond acceptors (Lipinski definition) is 4. The normalized spacial score (nSPS) is 11.5. The lowest BCUT2D eigenvalue weighted by Crippen LogP contribution is -2.39. The number of aliphatic imine (C=N–C) groups is 1. The lowest BCUT2D eigenvalue weighted by molar-refractivity contribution is 0.799. The first-order valence-corrected chi connectivity index (χ1v) is 9.74. The van der Waals surface area contributed by atoms with Crippen LogP contribution >= 0.6 is 23.1 Å². The SMILES string of the molecule is CCc1nc(CCNC(=NC)NCCSc2ccccc2)cs1. The summed E-state index contributed by atoms with van der Waals surface area (Å²) >= 11 is 3.59. The molecule has 0 atom stereocenters. The van der Waals surface area contributed by atoms with E-state index in [2.05, 4.69) is 57.2 Å². The van der Waals surface area contributed by atoms with Crippen LogP contribution in [0.25, 0.3) is 0 Å². The minimum Gasteiger partial charge on any atom is -0.356 e. The third-order valence-electron chi connectivity index (χ3n) is 3.21. The van der Waals surface area contributed by atoms with E-state index >= 15 is 0 Å². The van der Waals surface area contributed by atoms with Crippen molar-refractivity contribution >= 4 is 29.1 Å². The van der Waals surface area contributed by atoms with Gasteiger partial charge in [-0.15, -0.1) is 23.1 Å². The highest BCUT2D eigenvalue weighted by molar-refractivity contribution is 7.99. The van der Waals surface area contributed by atoms with E-state index in [1.165, 1.54) is 9.90 Å². The summed E-state index contributed by atoms with van der Waals surface area (Å²) < 4.78 is 0. The van der Waals surface area contributed by atoms with Gasteiger partial charge in [0.25, 0.3) is 0 Å². The maximum Gasteiger partial charge on any atom is 0.191 e. The topological polar surface area (TPSA) is 49.3 Å². The Morgan fingerprint density at radius 2 is 2.00 bits per heavy atom. The molecule has 2 N–H and O–H groups in total. The standard InChI is InChI=1S/C17H24N4S2/c1-3-16-21-14(13-23-16)9-10-19-17(18-2)20-11-12-22-15-7-5-4-6-8-15/h4-8,13H,3,9-12H2,1-2H3,(H2,18,19,20). The van der Waals surface area contributed by atoms with Crippen molar-refractivity contribution in [3.05, 3.63) is 46.4 Å². The third-order valence-corrected chi connectivity index (χ3v) is 5.26. The molecule has 6 heteroatoms. The molecule has 0 unspecified atom stereocenters. The molecule has 2 aromatic rings. The van der Waals surface area contributed by atoms with Gasteiger partial charge in [-0.25, -0.2) is 4.98 Å². The fourth-order valence-electron chi connectivity index (χ4n) is 2.01. The second-order valence-corrected chi connectivity index (χ2v) is 7.03. The molecule has 0 aliphatic rings. The van der Waals surface area contributed by atoms with Crippen LogP contribution in [0.4, 0.5) is 0 Å². The Bertz CT molecular complexity index is 596. The molecule has 0 saturated carbocycles. The zero-order valence-electron chi connectivity index (χ0n) is 13.7. The van der Waals surface area contributed by atoms with Gasteiger partial charge in [0.05, 0.1) is 10.7 Å². The minimum atomic E-state index is 0.846. The zero-order chi connectivity index (χ0) is 16.3. The summed E-state index contributed by atoms with van der Waals surface area (Å²) in [4.78, 5) is 10.1. The number of aryl methyl sites for hydroxylation is 1. The second-order valence-electron chi connectivity index (χ2n) is 4.92. The van der Waals surface area contributed by atoms with Gasteiger partial charge in [-0.2, -0.15) is 0 Å². The number of aromatic nitrogens is 1. The molecule has 1 heterocycles. The Hall–Kier alpha value is -1.53. The number of nitrogens with one attached hydrogen (secondary N) is 2. The van der Waals surface area contributed by atoms with Gasteiger partial charge in [0, 0.05) is 42.6 Å². The van der Waals surface area contributed by atoms with Gasteiger partial charge >= 0.3 is 0 Å². The van der Waals surface area contributed by atoms with Crippen molar-refractivity contribution in [3.8, 4) is 0 Å². The number of guanidine groups is 1. The molecule has 0 aliphatic heterocycles. The molecule has 2 rings (SSSR count). The van der Waals surface area contributed by atoms with Gasteiger partial charge in [0.2, 0.25) is 0 Å². The summed E-state index contributed by atoms with van der Waals surface area (Å²) in [5, 5.41) is 10.0. The monoisotopic (exact) mass is 348 g/mol. The summed E-state index contributed by atoms with van der Waals surface area (Å²) in [6, 6.07) is 10.4. The molecule has 124 valence electrons. The molecule has 0 radical (unpaired) electrons. The van der Waals surface area contributed by atoms with Crippen LogP contribution in [0.1, 0.15) is 17.6 Å². The Labute approximate surface area is 146 Å². The average Bonchev–Trinajstić information content (AvgIpc) is 3.06. The van der Waals surface area contributed by atoms with E-state index in [-0.39, 0.29) is 0 Å². The Balaban J connectivity index is 1.61. The largest absolute Gasteiger partial charge is 0.356 e. The maximum absolute atomic E-state index is 4.58. The highest BCUT2D eigenvalue weighted by atomic mass is 32.2. The predicted molar refractivity (Wildman–Crippen MR) is 102 cm³/mol. The first-order chi connectivity index (χ1) is 11.3.